The van der Waals surface area contributed by atoms with Crippen LogP contribution in [-0.2, 0) is 0 Å². The van der Waals surface area contributed by atoms with Gasteiger partial charge in [-0.05, 0) is 26.3 Å². The Morgan fingerprint density at radius 1 is 1.38 bits per heavy atom. The number of amides is 1. The van der Waals surface area contributed by atoms with Crippen LogP contribution in [0.1, 0.15) is 49.6 Å². The van der Waals surface area contributed by atoms with Gasteiger partial charge in [0.05, 0.1) is 6.20 Å². The van der Waals surface area contributed by atoms with Gasteiger partial charge in [-0.2, -0.15) is 0 Å². The number of nitrogens with zero attached hydrogens (tertiary/aromatic N) is 3. The summed E-state index contributed by atoms with van der Waals surface area (Å²) in [6.07, 6.45) is 8.90. The molecular formula is C16H23N3O2. The average molecular weight is 289 g/mol. The Hall–Kier alpha value is -1.36. The molecule has 4 rings (SSSR count). The predicted octanol–water partition coefficient (Wildman–Crippen LogP) is 2.15. The molecular weight excluding hydrogens is 266 g/mol. The predicted molar refractivity (Wildman–Crippen MR) is 77.9 cm³/mol. The van der Waals surface area contributed by atoms with E-state index < -0.39 is 0 Å². The number of aromatic nitrogens is 1. The molecule has 0 aromatic carbocycles. The van der Waals surface area contributed by atoms with E-state index in [1.54, 1.807) is 6.20 Å². The summed E-state index contributed by atoms with van der Waals surface area (Å²) in [4.78, 5) is 21.4. The molecule has 0 spiro atoms. The molecule has 1 aromatic heterocycles. The van der Waals surface area contributed by atoms with E-state index in [2.05, 4.69) is 28.8 Å². The van der Waals surface area contributed by atoms with Gasteiger partial charge in [0, 0.05) is 30.1 Å². The van der Waals surface area contributed by atoms with Gasteiger partial charge in [-0.25, -0.2) is 4.98 Å². The molecule has 5 heteroatoms. The first-order chi connectivity index (χ1) is 10.1. The van der Waals surface area contributed by atoms with Crippen LogP contribution in [0.3, 0.4) is 0 Å². The molecule has 4 atom stereocenters. The molecule has 2 aliphatic heterocycles. The Morgan fingerprint density at radius 2 is 2.14 bits per heavy atom. The minimum absolute atomic E-state index is 0.0298. The Bertz CT molecular complexity index is 544. The van der Waals surface area contributed by atoms with E-state index in [4.69, 9.17) is 4.42 Å². The molecule has 2 saturated heterocycles. The maximum Gasteiger partial charge on any atom is 0.291 e. The van der Waals surface area contributed by atoms with Gasteiger partial charge in [0.15, 0.2) is 6.39 Å². The molecule has 1 saturated carbocycles. The van der Waals surface area contributed by atoms with Crippen LogP contribution >= 0.6 is 0 Å². The number of hydrogen-bond donors (Lipinski definition) is 0. The van der Waals surface area contributed by atoms with Gasteiger partial charge in [0.2, 0.25) is 5.76 Å². The fourth-order valence-corrected chi connectivity index (χ4v) is 5.24. The molecule has 0 N–H and O–H groups in total. The van der Waals surface area contributed by atoms with Crippen molar-refractivity contribution in [2.24, 2.45) is 5.41 Å². The zero-order chi connectivity index (χ0) is 14.6. The lowest BCUT2D eigenvalue weighted by molar-refractivity contribution is 0.0569. The summed E-state index contributed by atoms with van der Waals surface area (Å²) in [6.45, 7) is 3.38. The summed E-state index contributed by atoms with van der Waals surface area (Å²) in [5, 5.41) is 0. The third-order valence-electron chi connectivity index (χ3n) is 6.04. The standard InChI is InChI=1S/C16H23N3O2/c1-16-7-11-9-18(2)13(16)5-3-4-6-14(16)19(11)15(20)12-8-17-10-21-12/h8,10-11,13-14H,3-7,9H2,1-2H3/t11-,13+,14-,16+/m0/s1. The summed E-state index contributed by atoms with van der Waals surface area (Å²) >= 11 is 0. The number of likely N-dealkylation sites (tertiary alicyclic amines) is 2. The number of fused-ring (bicyclic) bond motifs is 1. The highest BCUT2D eigenvalue weighted by molar-refractivity contribution is 5.92. The minimum Gasteiger partial charge on any atom is -0.438 e. The Kier molecular flexibility index (Phi) is 2.89. The van der Waals surface area contributed by atoms with Crippen LogP contribution in [0.4, 0.5) is 0 Å². The lowest BCUT2D eigenvalue weighted by atomic mass is 9.71. The van der Waals surface area contributed by atoms with Gasteiger partial charge < -0.3 is 14.2 Å². The molecule has 114 valence electrons. The maximum absolute atomic E-state index is 12.9. The summed E-state index contributed by atoms with van der Waals surface area (Å²) in [6, 6.07) is 1.27. The third-order valence-corrected chi connectivity index (χ3v) is 6.04. The van der Waals surface area contributed by atoms with Gasteiger partial charge >= 0.3 is 0 Å². The van der Waals surface area contributed by atoms with E-state index in [0.717, 1.165) is 19.4 Å². The third kappa shape index (κ3) is 1.79. The number of carbonyl (C=O) groups is 1. The lowest BCUT2D eigenvalue weighted by Gasteiger charge is -2.44. The highest BCUT2D eigenvalue weighted by Crippen LogP contribution is 2.53. The molecule has 0 radical (unpaired) electrons. The van der Waals surface area contributed by atoms with Crippen molar-refractivity contribution in [1.29, 1.82) is 0 Å². The van der Waals surface area contributed by atoms with Crippen LogP contribution < -0.4 is 0 Å². The number of oxazole rings is 1. The molecule has 3 aliphatic rings. The smallest absolute Gasteiger partial charge is 0.291 e. The minimum atomic E-state index is 0.0298. The largest absolute Gasteiger partial charge is 0.438 e. The molecule has 1 amide bonds. The van der Waals surface area contributed by atoms with Crippen molar-refractivity contribution in [1.82, 2.24) is 14.8 Å². The summed E-state index contributed by atoms with van der Waals surface area (Å²) in [7, 11) is 2.22. The number of rotatable bonds is 1. The van der Waals surface area contributed by atoms with Crippen molar-refractivity contribution in [2.45, 2.75) is 57.2 Å². The van der Waals surface area contributed by atoms with E-state index in [1.807, 2.05) is 0 Å². The maximum atomic E-state index is 12.9. The van der Waals surface area contributed by atoms with Gasteiger partial charge in [-0.1, -0.05) is 19.8 Å². The van der Waals surface area contributed by atoms with Crippen LogP contribution in [0.15, 0.2) is 17.0 Å². The van der Waals surface area contributed by atoms with Crippen molar-refractivity contribution >= 4 is 5.91 Å². The second kappa shape index (κ2) is 4.57. The first kappa shape index (κ1) is 13.3. The molecule has 21 heavy (non-hydrogen) atoms. The molecule has 2 bridgehead atoms. The molecule has 5 nitrogen and oxygen atoms in total. The van der Waals surface area contributed by atoms with Gasteiger partial charge in [0.25, 0.3) is 5.91 Å². The van der Waals surface area contributed by atoms with E-state index in [9.17, 15) is 4.79 Å². The summed E-state index contributed by atoms with van der Waals surface area (Å²) < 4.78 is 5.27. The van der Waals surface area contributed by atoms with E-state index in [1.165, 1.54) is 25.7 Å². The number of hydrogen-bond acceptors (Lipinski definition) is 4. The Balaban J connectivity index is 1.74. The van der Waals surface area contributed by atoms with Crippen LogP contribution in [0.25, 0.3) is 0 Å². The SMILES string of the molecule is CN1C[C@@H]2C[C@@]3(C)[C@H](CCCC[C@@H]13)N2C(=O)c1cnco1. The molecule has 0 unspecified atom stereocenters. The second-order valence-corrected chi connectivity index (χ2v) is 7.20. The van der Waals surface area contributed by atoms with Crippen LogP contribution in [0.5, 0.6) is 0 Å². The van der Waals surface area contributed by atoms with E-state index >= 15 is 0 Å². The van der Waals surface area contributed by atoms with E-state index in [0.29, 0.717) is 23.9 Å². The Labute approximate surface area is 125 Å². The fourth-order valence-electron chi connectivity index (χ4n) is 5.24. The van der Waals surface area contributed by atoms with Gasteiger partial charge in [0.1, 0.15) is 0 Å². The van der Waals surface area contributed by atoms with Gasteiger partial charge in [-0.3, -0.25) is 4.79 Å². The van der Waals surface area contributed by atoms with Gasteiger partial charge in [-0.15, -0.1) is 0 Å². The number of piperidine rings is 1. The van der Waals surface area contributed by atoms with Crippen molar-refractivity contribution in [2.75, 3.05) is 13.6 Å². The number of likely N-dealkylation sites (N-methyl/N-ethyl adjacent to an activating group) is 1. The van der Waals surface area contributed by atoms with Crippen molar-refractivity contribution in [3.63, 3.8) is 0 Å². The molecule has 3 heterocycles. The molecule has 1 aliphatic carbocycles. The quantitative estimate of drug-likeness (QED) is 0.795. The molecule has 3 fully saturated rings. The number of carbonyl (C=O) groups excluding carboxylic acids is 1. The average Bonchev–Trinajstić information content (AvgIpc) is 3.00. The highest BCUT2D eigenvalue weighted by atomic mass is 16.3. The Morgan fingerprint density at radius 3 is 2.86 bits per heavy atom. The lowest BCUT2D eigenvalue weighted by Crippen LogP contribution is -2.51. The monoisotopic (exact) mass is 289 g/mol. The summed E-state index contributed by atoms with van der Waals surface area (Å²) in [5.74, 6) is 0.414. The topological polar surface area (TPSA) is 49.6 Å². The van der Waals surface area contributed by atoms with Crippen molar-refractivity contribution in [3.8, 4) is 0 Å². The highest BCUT2D eigenvalue weighted by Gasteiger charge is 2.59. The van der Waals surface area contributed by atoms with Crippen LogP contribution in [0, 0.1) is 5.41 Å². The zero-order valence-corrected chi connectivity index (χ0v) is 12.8. The molecule has 1 aromatic rings. The van der Waals surface area contributed by atoms with Crippen molar-refractivity contribution < 1.29 is 9.21 Å². The van der Waals surface area contributed by atoms with Crippen LogP contribution in [0.2, 0.25) is 0 Å². The summed E-state index contributed by atoms with van der Waals surface area (Å²) in [5.41, 5.74) is 0.226. The normalized spacial score (nSPS) is 39.3. The van der Waals surface area contributed by atoms with E-state index in [-0.39, 0.29) is 11.3 Å². The first-order valence-electron chi connectivity index (χ1n) is 8.02. The zero-order valence-electron chi connectivity index (χ0n) is 12.8. The fraction of sp³-hybridized carbons (Fsp3) is 0.750. The first-order valence-corrected chi connectivity index (χ1v) is 8.02. The van der Waals surface area contributed by atoms with Crippen LogP contribution in [-0.4, -0.2) is 52.4 Å². The second-order valence-electron chi connectivity index (χ2n) is 7.20. The van der Waals surface area contributed by atoms with Crippen molar-refractivity contribution in [3.05, 3.63) is 18.4 Å².